The highest BCUT2D eigenvalue weighted by atomic mass is 32.2. The Bertz CT molecular complexity index is 1000. The second-order valence-corrected chi connectivity index (χ2v) is 7.39. The first-order valence-electron chi connectivity index (χ1n) is 8.64. The number of non-ortho nitro benzene ring substituents is 1. The number of rotatable bonds is 7. The molecule has 0 aliphatic carbocycles. The predicted molar refractivity (Wildman–Crippen MR) is 111 cm³/mol. The van der Waals surface area contributed by atoms with E-state index in [2.05, 4.69) is 6.07 Å². The van der Waals surface area contributed by atoms with Gasteiger partial charge in [-0.3, -0.25) is 14.9 Å². The number of nitro benzene ring substituents is 1. The normalized spacial score (nSPS) is 10.6. The fourth-order valence-electron chi connectivity index (χ4n) is 2.78. The van der Waals surface area contributed by atoms with E-state index in [4.69, 9.17) is 4.74 Å². The van der Waals surface area contributed by atoms with E-state index in [1.165, 1.54) is 23.9 Å². The zero-order valence-corrected chi connectivity index (χ0v) is 16.4. The van der Waals surface area contributed by atoms with Gasteiger partial charge in [0.1, 0.15) is 5.75 Å². The van der Waals surface area contributed by atoms with Crippen LogP contribution in [-0.2, 0) is 11.3 Å². The molecular formula is C21H20N2O4S. The van der Waals surface area contributed by atoms with Gasteiger partial charge in [-0.2, -0.15) is 0 Å². The molecule has 144 valence electrons. The number of carbonyl (C=O) groups excluding carboxylic acids is 1. The molecule has 3 aromatic carbocycles. The summed E-state index contributed by atoms with van der Waals surface area (Å²) in [4.78, 5) is 25.2. The molecule has 0 aliphatic rings. The van der Waals surface area contributed by atoms with Crippen molar-refractivity contribution in [3.8, 4) is 5.75 Å². The Morgan fingerprint density at radius 1 is 1.07 bits per heavy atom. The third-order valence-electron chi connectivity index (χ3n) is 4.37. The van der Waals surface area contributed by atoms with E-state index < -0.39 is 4.92 Å². The van der Waals surface area contributed by atoms with Gasteiger partial charge in [0.05, 0.1) is 17.8 Å². The maximum Gasteiger partial charge on any atom is 0.269 e. The van der Waals surface area contributed by atoms with Crippen LogP contribution in [0.4, 0.5) is 5.69 Å². The van der Waals surface area contributed by atoms with Gasteiger partial charge < -0.3 is 9.64 Å². The number of ether oxygens (including phenoxy) is 1. The summed E-state index contributed by atoms with van der Waals surface area (Å²) in [7, 11) is 3.42. The number of fused-ring (bicyclic) bond motifs is 1. The van der Waals surface area contributed by atoms with Crippen molar-refractivity contribution < 1.29 is 14.5 Å². The van der Waals surface area contributed by atoms with Crippen LogP contribution in [0.5, 0.6) is 5.75 Å². The average Bonchev–Trinajstić information content (AvgIpc) is 2.71. The minimum absolute atomic E-state index is 0.00168. The van der Waals surface area contributed by atoms with E-state index in [0.29, 0.717) is 6.54 Å². The highest BCUT2D eigenvalue weighted by molar-refractivity contribution is 8.00. The molecule has 0 saturated heterocycles. The number of amides is 1. The van der Waals surface area contributed by atoms with E-state index in [0.717, 1.165) is 27.0 Å². The van der Waals surface area contributed by atoms with E-state index in [9.17, 15) is 14.9 Å². The monoisotopic (exact) mass is 396 g/mol. The number of nitrogens with zero attached hydrogens (tertiary/aromatic N) is 2. The summed E-state index contributed by atoms with van der Waals surface area (Å²) in [6, 6.07) is 18.2. The van der Waals surface area contributed by atoms with Crippen molar-refractivity contribution in [1.82, 2.24) is 4.90 Å². The van der Waals surface area contributed by atoms with Gasteiger partial charge in [-0.25, -0.2) is 0 Å². The summed E-state index contributed by atoms with van der Waals surface area (Å²) in [5.41, 5.74) is 1.09. The first-order chi connectivity index (χ1) is 13.5. The first-order valence-corrected chi connectivity index (χ1v) is 9.63. The molecular weight excluding hydrogens is 376 g/mol. The van der Waals surface area contributed by atoms with E-state index >= 15 is 0 Å². The average molecular weight is 396 g/mol. The fraction of sp³-hybridized carbons (Fsp3) is 0.190. The highest BCUT2D eigenvalue weighted by Gasteiger charge is 2.11. The van der Waals surface area contributed by atoms with Crippen molar-refractivity contribution in [2.75, 3.05) is 19.9 Å². The number of hydrogen-bond donors (Lipinski definition) is 0. The molecule has 0 spiro atoms. The Hall–Kier alpha value is -3.06. The lowest BCUT2D eigenvalue weighted by atomic mass is 10.1. The molecule has 0 unspecified atom stereocenters. The second-order valence-electron chi connectivity index (χ2n) is 6.34. The lowest BCUT2D eigenvalue weighted by molar-refractivity contribution is -0.384. The molecule has 0 fully saturated rings. The second kappa shape index (κ2) is 8.75. The van der Waals surface area contributed by atoms with Gasteiger partial charge in [0.25, 0.3) is 5.69 Å². The van der Waals surface area contributed by atoms with Crippen molar-refractivity contribution in [3.05, 3.63) is 76.3 Å². The summed E-state index contributed by atoms with van der Waals surface area (Å²) in [6.07, 6.45) is 0. The molecule has 0 N–H and O–H groups in total. The minimum atomic E-state index is -0.437. The lowest BCUT2D eigenvalue weighted by Gasteiger charge is -2.17. The summed E-state index contributed by atoms with van der Waals surface area (Å²) in [5, 5.41) is 12.9. The van der Waals surface area contributed by atoms with Crippen molar-refractivity contribution in [2.45, 2.75) is 11.4 Å². The van der Waals surface area contributed by atoms with Crippen molar-refractivity contribution in [1.29, 1.82) is 0 Å². The van der Waals surface area contributed by atoms with Crippen LogP contribution in [0.2, 0.25) is 0 Å². The largest absolute Gasteiger partial charge is 0.497 e. The van der Waals surface area contributed by atoms with E-state index in [1.807, 2.05) is 30.3 Å². The standard InChI is InChI=1S/C21H20N2O4S/c1-22(21(24)14-28-20-9-6-18(7-10-20)23(25)26)13-15-3-4-17-12-19(27-2)8-5-16(17)11-15/h3-12H,13-14H2,1-2H3. The Kier molecular flexibility index (Phi) is 6.16. The molecule has 3 aromatic rings. The Morgan fingerprint density at radius 2 is 1.75 bits per heavy atom. The molecule has 6 nitrogen and oxygen atoms in total. The predicted octanol–water partition coefficient (Wildman–Crippen LogP) is 4.51. The summed E-state index contributed by atoms with van der Waals surface area (Å²) < 4.78 is 5.24. The maximum atomic E-state index is 12.4. The van der Waals surface area contributed by atoms with Crippen LogP contribution in [0, 0.1) is 10.1 Å². The number of hydrogen-bond acceptors (Lipinski definition) is 5. The third-order valence-corrected chi connectivity index (χ3v) is 5.36. The van der Waals surface area contributed by atoms with Crippen LogP contribution in [0.3, 0.4) is 0 Å². The zero-order chi connectivity index (χ0) is 20.1. The molecule has 0 atom stereocenters. The molecule has 0 saturated carbocycles. The van der Waals surface area contributed by atoms with Gasteiger partial charge in [-0.1, -0.05) is 18.2 Å². The smallest absolute Gasteiger partial charge is 0.269 e. The van der Waals surface area contributed by atoms with Gasteiger partial charge in [0.15, 0.2) is 0 Å². The number of thioether (sulfide) groups is 1. The molecule has 3 rings (SSSR count). The number of carbonyl (C=O) groups is 1. The molecule has 0 aliphatic heterocycles. The van der Waals surface area contributed by atoms with E-state index in [1.54, 1.807) is 31.2 Å². The molecule has 0 bridgehead atoms. The van der Waals surface area contributed by atoms with Crippen LogP contribution in [0.25, 0.3) is 10.8 Å². The van der Waals surface area contributed by atoms with Crippen molar-refractivity contribution in [3.63, 3.8) is 0 Å². The van der Waals surface area contributed by atoms with Crippen LogP contribution in [-0.4, -0.2) is 35.6 Å². The summed E-state index contributed by atoms with van der Waals surface area (Å²) in [5.74, 6) is 1.09. The van der Waals surface area contributed by atoms with Crippen LogP contribution in [0.1, 0.15) is 5.56 Å². The summed E-state index contributed by atoms with van der Waals surface area (Å²) >= 11 is 1.37. The Labute approximate surface area is 167 Å². The molecule has 0 radical (unpaired) electrons. The van der Waals surface area contributed by atoms with Crippen molar-refractivity contribution >= 4 is 34.1 Å². The fourth-order valence-corrected chi connectivity index (χ4v) is 3.62. The Morgan fingerprint density at radius 3 is 2.43 bits per heavy atom. The highest BCUT2D eigenvalue weighted by Crippen LogP contribution is 2.24. The minimum Gasteiger partial charge on any atom is -0.497 e. The van der Waals surface area contributed by atoms with Gasteiger partial charge in [0, 0.05) is 30.6 Å². The SMILES string of the molecule is COc1ccc2cc(CN(C)C(=O)CSc3ccc([N+](=O)[O-])cc3)ccc2c1. The van der Waals surface area contributed by atoms with Crippen LogP contribution in [0.15, 0.2) is 65.6 Å². The zero-order valence-electron chi connectivity index (χ0n) is 15.6. The van der Waals surface area contributed by atoms with Gasteiger partial charge in [-0.05, 0) is 46.7 Å². The van der Waals surface area contributed by atoms with Gasteiger partial charge in [-0.15, -0.1) is 11.8 Å². The van der Waals surface area contributed by atoms with Gasteiger partial charge >= 0.3 is 0 Å². The molecule has 1 amide bonds. The molecule has 7 heteroatoms. The van der Waals surface area contributed by atoms with E-state index in [-0.39, 0.29) is 17.3 Å². The van der Waals surface area contributed by atoms with Crippen LogP contribution >= 0.6 is 11.8 Å². The molecule has 0 aromatic heterocycles. The number of benzene rings is 3. The van der Waals surface area contributed by atoms with Crippen LogP contribution < -0.4 is 4.74 Å². The maximum absolute atomic E-state index is 12.4. The molecule has 0 heterocycles. The first kappa shape index (κ1) is 19.7. The van der Waals surface area contributed by atoms with Crippen molar-refractivity contribution in [2.24, 2.45) is 0 Å². The summed E-state index contributed by atoms with van der Waals surface area (Å²) in [6.45, 7) is 0.516. The lowest BCUT2D eigenvalue weighted by Crippen LogP contribution is -2.27. The third kappa shape index (κ3) is 4.80. The number of nitro groups is 1. The topological polar surface area (TPSA) is 72.7 Å². The molecule has 28 heavy (non-hydrogen) atoms. The number of methoxy groups -OCH3 is 1. The Balaban J connectivity index is 1.59. The quantitative estimate of drug-likeness (QED) is 0.334. The van der Waals surface area contributed by atoms with Gasteiger partial charge in [0.2, 0.25) is 5.91 Å².